The number of primary amides is 1. The molecule has 2 amide bonds. The Balaban J connectivity index is 1.78. The van der Waals surface area contributed by atoms with Crippen molar-refractivity contribution in [3.05, 3.63) is 29.8 Å². The van der Waals surface area contributed by atoms with Crippen LogP contribution in [-0.4, -0.2) is 56.6 Å². The van der Waals surface area contributed by atoms with E-state index in [4.69, 9.17) is 5.73 Å². The van der Waals surface area contributed by atoms with E-state index >= 15 is 0 Å². The number of nitrogens with zero attached hydrogens (tertiary/aromatic N) is 1. The number of hydrogen-bond acceptors (Lipinski definition) is 5. The third-order valence-corrected chi connectivity index (χ3v) is 7.08. The largest absolute Gasteiger partial charge is 0.369 e. The number of nitrogens with two attached hydrogens (primary N) is 1. The van der Waals surface area contributed by atoms with Gasteiger partial charge >= 0.3 is 0 Å². The molecule has 1 aromatic rings. The highest BCUT2D eigenvalue weighted by Gasteiger charge is 2.23. The van der Waals surface area contributed by atoms with E-state index in [2.05, 4.69) is 10.2 Å². The second kappa shape index (κ2) is 9.32. The van der Waals surface area contributed by atoms with Crippen molar-refractivity contribution in [3.8, 4) is 0 Å². The third kappa shape index (κ3) is 5.77. The standard InChI is InChI=1S/C19H29N3O4S/c1-14(2)27(25,26)17-8-6-15(7-9-17)19(24)21-10-4-12-22-11-3-5-16(13-22)18(20)23/h6-9,14,16H,3-5,10-13H2,1-2H3,(H2,20,23)(H,21,24). The van der Waals surface area contributed by atoms with E-state index in [0.717, 1.165) is 32.4 Å². The Hall–Kier alpha value is -1.93. The summed E-state index contributed by atoms with van der Waals surface area (Å²) in [5.41, 5.74) is 5.82. The molecule has 1 unspecified atom stereocenters. The molecule has 0 radical (unpaired) electrons. The Morgan fingerprint density at radius 2 is 1.93 bits per heavy atom. The van der Waals surface area contributed by atoms with Gasteiger partial charge < -0.3 is 16.0 Å². The molecule has 1 fully saturated rings. The predicted octanol–water partition coefficient (Wildman–Crippen LogP) is 1.19. The number of carbonyl (C=O) groups is 2. The number of carbonyl (C=O) groups excluding carboxylic acids is 2. The van der Waals surface area contributed by atoms with Crippen LogP contribution in [0.1, 0.15) is 43.5 Å². The minimum absolute atomic E-state index is 0.0750. The fraction of sp³-hybridized carbons (Fsp3) is 0.579. The maximum atomic E-state index is 12.2. The van der Waals surface area contributed by atoms with Crippen LogP contribution in [0.4, 0.5) is 0 Å². The molecule has 2 rings (SSSR count). The van der Waals surface area contributed by atoms with Gasteiger partial charge in [-0.1, -0.05) is 0 Å². The number of nitrogens with one attached hydrogen (secondary N) is 1. The normalized spacial score (nSPS) is 18.4. The summed E-state index contributed by atoms with van der Waals surface area (Å²) in [6, 6.07) is 6.02. The van der Waals surface area contributed by atoms with Gasteiger partial charge in [-0.15, -0.1) is 0 Å². The summed E-state index contributed by atoms with van der Waals surface area (Å²) in [5, 5.41) is 2.35. The molecule has 0 aromatic heterocycles. The molecule has 3 N–H and O–H groups in total. The first-order valence-electron chi connectivity index (χ1n) is 9.35. The topological polar surface area (TPSA) is 110 Å². The molecule has 7 nitrogen and oxygen atoms in total. The Bertz CT molecular complexity index is 760. The van der Waals surface area contributed by atoms with Crippen molar-refractivity contribution < 1.29 is 18.0 Å². The number of likely N-dealkylation sites (tertiary alicyclic amines) is 1. The molecule has 1 heterocycles. The molecule has 1 aromatic carbocycles. The van der Waals surface area contributed by atoms with Crippen molar-refractivity contribution in [3.63, 3.8) is 0 Å². The van der Waals surface area contributed by atoms with E-state index in [9.17, 15) is 18.0 Å². The summed E-state index contributed by atoms with van der Waals surface area (Å²) in [5.74, 6) is -0.540. The van der Waals surface area contributed by atoms with Crippen LogP contribution in [0.2, 0.25) is 0 Å². The van der Waals surface area contributed by atoms with Crippen molar-refractivity contribution in [2.24, 2.45) is 11.7 Å². The van der Waals surface area contributed by atoms with Crippen molar-refractivity contribution >= 4 is 21.7 Å². The summed E-state index contributed by atoms with van der Waals surface area (Å²) in [7, 11) is -3.33. The molecule has 8 heteroatoms. The highest BCUT2D eigenvalue weighted by Crippen LogP contribution is 2.17. The average Bonchev–Trinajstić information content (AvgIpc) is 2.65. The Kier molecular flexibility index (Phi) is 7.38. The van der Waals surface area contributed by atoms with Crippen LogP contribution < -0.4 is 11.1 Å². The minimum atomic E-state index is -3.33. The average molecular weight is 396 g/mol. The van der Waals surface area contributed by atoms with Crippen molar-refractivity contribution in [2.45, 2.75) is 43.3 Å². The van der Waals surface area contributed by atoms with Crippen LogP contribution in [0, 0.1) is 5.92 Å². The monoisotopic (exact) mass is 395 g/mol. The lowest BCUT2D eigenvalue weighted by molar-refractivity contribution is -0.123. The first-order chi connectivity index (χ1) is 12.7. The smallest absolute Gasteiger partial charge is 0.251 e. The fourth-order valence-corrected chi connectivity index (χ4v) is 4.23. The molecule has 1 aliphatic heterocycles. The van der Waals surface area contributed by atoms with Crippen LogP contribution in [0.25, 0.3) is 0 Å². The second-order valence-corrected chi connectivity index (χ2v) is 9.77. The van der Waals surface area contributed by atoms with Crippen LogP contribution in [0.3, 0.4) is 0 Å². The highest BCUT2D eigenvalue weighted by molar-refractivity contribution is 7.92. The predicted molar refractivity (Wildman–Crippen MR) is 104 cm³/mol. The Labute approximate surface area is 161 Å². The van der Waals surface area contributed by atoms with Gasteiger partial charge in [-0.25, -0.2) is 8.42 Å². The van der Waals surface area contributed by atoms with Crippen molar-refractivity contribution in [1.29, 1.82) is 0 Å². The molecule has 1 saturated heterocycles. The van der Waals surface area contributed by atoms with E-state index in [1.165, 1.54) is 24.3 Å². The second-order valence-electron chi connectivity index (χ2n) is 7.27. The van der Waals surface area contributed by atoms with Crippen molar-refractivity contribution in [1.82, 2.24) is 10.2 Å². The van der Waals surface area contributed by atoms with Gasteiger partial charge in [-0.3, -0.25) is 9.59 Å². The van der Waals surface area contributed by atoms with E-state index in [1.54, 1.807) is 13.8 Å². The number of piperidine rings is 1. The van der Waals surface area contributed by atoms with E-state index in [1.807, 2.05) is 0 Å². The van der Waals surface area contributed by atoms with Gasteiger partial charge in [0.1, 0.15) is 0 Å². The van der Waals surface area contributed by atoms with Crippen molar-refractivity contribution in [2.75, 3.05) is 26.2 Å². The van der Waals surface area contributed by atoms with E-state index in [0.29, 0.717) is 18.7 Å². The van der Waals surface area contributed by atoms with Gasteiger partial charge in [0.25, 0.3) is 5.91 Å². The highest BCUT2D eigenvalue weighted by atomic mass is 32.2. The summed E-state index contributed by atoms with van der Waals surface area (Å²) in [6.07, 6.45) is 2.59. The fourth-order valence-electron chi connectivity index (χ4n) is 3.17. The molecule has 0 saturated carbocycles. The van der Waals surface area contributed by atoms with Gasteiger partial charge in [0, 0.05) is 18.7 Å². The third-order valence-electron chi connectivity index (χ3n) is 4.91. The molecule has 1 atom stereocenters. The zero-order valence-corrected chi connectivity index (χ0v) is 16.8. The SMILES string of the molecule is CC(C)S(=O)(=O)c1ccc(C(=O)NCCCN2CCCC(C(N)=O)C2)cc1. The summed E-state index contributed by atoms with van der Waals surface area (Å²) >= 11 is 0. The number of hydrogen-bond donors (Lipinski definition) is 2. The summed E-state index contributed by atoms with van der Waals surface area (Å²) in [4.78, 5) is 25.9. The van der Waals surface area contributed by atoms with Crippen LogP contribution in [0.5, 0.6) is 0 Å². The summed E-state index contributed by atoms with van der Waals surface area (Å²) < 4.78 is 24.2. The molecule has 1 aliphatic rings. The number of benzene rings is 1. The molecule has 0 bridgehead atoms. The van der Waals surface area contributed by atoms with Gasteiger partial charge in [-0.2, -0.15) is 0 Å². The van der Waals surface area contributed by atoms with E-state index < -0.39 is 15.1 Å². The van der Waals surface area contributed by atoms with Gasteiger partial charge in [0.2, 0.25) is 5.91 Å². The number of amides is 2. The van der Waals surface area contributed by atoms with E-state index in [-0.39, 0.29) is 22.6 Å². The molecular weight excluding hydrogens is 366 g/mol. The van der Waals surface area contributed by atoms with Gasteiger partial charge in [0.15, 0.2) is 9.84 Å². The Morgan fingerprint density at radius 3 is 2.52 bits per heavy atom. The Morgan fingerprint density at radius 1 is 1.26 bits per heavy atom. The first-order valence-corrected chi connectivity index (χ1v) is 10.9. The molecular formula is C19H29N3O4S. The lowest BCUT2D eigenvalue weighted by atomic mass is 9.97. The first kappa shape index (κ1) is 21.4. The zero-order valence-electron chi connectivity index (χ0n) is 16.0. The molecule has 0 spiro atoms. The van der Waals surface area contributed by atoms with Crippen LogP contribution in [-0.2, 0) is 14.6 Å². The van der Waals surface area contributed by atoms with Gasteiger partial charge in [-0.05, 0) is 70.5 Å². The number of rotatable bonds is 8. The maximum absolute atomic E-state index is 12.2. The summed E-state index contributed by atoms with van der Waals surface area (Å²) in [6.45, 7) is 6.21. The number of sulfone groups is 1. The lowest BCUT2D eigenvalue weighted by Gasteiger charge is -2.31. The quantitative estimate of drug-likeness (QED) is 0.643. The molecule has 0 aliphatic carbocycles. The maximum Gasteiger partial charge on any atom is 0.251 e. The van der Waals surface area contributed by atoms with Crippen LogP contribution in [0.15, 0.2) is 29.2 Å². The molecule has 150 valence electrons. The van der Waals surface area contributed by atoms with Crippen LogP contribution >= 0.6 is 0 Å². The minimum Gasteiger partial charge on any atom is -0.369 e. The lowest BCUT2D eigenvalue weighted by Crippen LogP contribution is -2.42. The zero-order chi connectivity index (χ0) is 20.0. The van der Waals surface area contributed by atoms with Gasteiger partial charge in [0.05, 0.1) is 16.1 Å². The molecule has 27 heavy (non-hydrogen) atoms.